The maximum atomic E-state index is 11.5. The van der Waals surface area contributed by atoms with Gasteiger partial charge in [-0.25, -0.2) is 4.79 Å². The van der Waals surface area contributed by atoms with Crippen molar-refractivity contribution in [3.63, 3.8) is 0 Å². The van der Waals surface area contributed by atoms with Crippen molar-refractivity contribution in [3.8, 4) is 0 Å². The molecule has 17 heavy (non-hydrogen) atoms. The fourth-order valence-corrected chi connectivity index (χ4v) is 2.81. The van der Waals surface area contributed by atoms with Gasteiger partial charge in [0.15, 0.2) is 0 Å². The molecule has 0 bridgehead atoms. The fourth-order valence-electron chi connectivity index (χ4n) is 1.70. The minimum Gasteiger partial charge on any atom is -0.481 e. The number of aliphatic carboxylic acids is 1. The predicted molar refractivity (Wildman–Crippen MR) is 68.3 cm³/mol. The molecule has 0 saturated carbocycles. The summed E-state index contributed by atoms with van der Waals surface area (Å²) in [6.45, 7) is 2.00. The first-order valence-electron chi connectivity index (χ1n) is 5.98. The van der Waals surface area contributed by atoms with Crippen LogP contribution >= 0.6 is 11.8 Å². The van der Waals surface area contributed by atoms with Crippen LogP contribution in [0.2, 0.25) is 0 Å². The molecule has 1 saturated heterocycles. The molecule has 6 heteroatoms. The van der Waals surface area contributed by atoms with Crippen molar-refractivity contribution in [2.75, 3.05) is 18.1 Å². The maximum absolute atomic E-state index is 11.5. The Balaban J connectivity index is 2.21. The molecule has 1 rings (SSSR count). The van der Waals surface area contributed by atoms with E-state index < -0.39 is 11.9 Å². The predicted octanol–water partition coefficient (Wildman–Crippen LogP) is 1.29. The highest BCUT2D eigenvalue weighted by atomic mass is 32.2. The number of thioether (sulfide) groups is 1. The lowest BCUT2D eigenvalue weighted by Gasteiger charge is -2.23. The summed E-state index contributed by atoms with van der Waals surface area (Å²) in [5.74, 6) is 0.805. The SMILES string of the molecule is CCC(CNC(=O)NC1CCSCC1)C(=O)O. The number of rotatable bonds is 5. The quantitative estimate of drug-likeness (QED) is 0.696. The zero-order chi connectivity index (χ0) is 12.7. The molecule has 0 aromatic carbocycles. The Kier molecular flexibility index (Phi) is 6.18. The molecule has 5 nitrogen and oxygen atoms in total. The van der Waals surface area contributed by atoms with Gasteiger partial charge in [0.2, 0.25) is 0 Å². The van der Waals surface area contributed by atoms with Crippen LogP contribution in [0.15, 0.2) is 0 Å². The van der Waals surface area contributed by atoms with E-state index in [2.05, 4.69) is 10.6 Å². The summed E-state index contributed by atoms with van der Waals surface area (Å²) in [7, 11) is 0. The molecule has 0 aliphatic carbocycles. The fraction of sp³-hybridized carbons (Fsp3) is 0.818. The van der Waals surface area contributed by atoms with Gasteiger partial charge in [0.25, 0.3) is 0 Å². The Hall–Kier alpha value is -0.910. The lowest BCUT2D eigenvalue weighted by molar-refractivity contribution is -0.141. The van der Waals surface area contributed by atoms with Gasteiger partial charge in [-0.05, 0) is 30.8 Å². The van der Waals surface area contributed by atoms with Crippen LogP contribution in [0.1, 0.15) is 26.2 Å². The highest BCUT2D eigenvalue weighted by Gasteiger charge is 2.18. The van der Waals surface area contributed by atoms with E-state index in [0.29, 0.717) is 6.42 Å². The monoisotopic (exact) mass is 260 g/mol. The molecule has 1 unspecified atom stereocenters. The van der Waals surface area contributed by atoms with Gasteiger partial charge in [0, 0.05) is 12.6 Å². The van der Waals surface area contributed by atoms with Crippen LogP contribution < -0.4 is 10.6 Å². The summed E-state index contributed by atoms with van der Waals surface area (Å²) in [5.41, 5.74) is 0. The van der Waals surface area contributed by atoms with Gasteiger partial charge in [-0.15, -0.1) is 0 Å². The van der Waals surface area contributed by atoms with Gasteiger partial charge in [0.1, 0.15) is 0 Å². The molecular formula is C11H20N2O3S. The van der Waals surface area contributed by atoms with Crippen molar-refractivity contribution < 1.29 is 14.7 Å². The van der Waals surface area contributed by atoms with Crippen molar-refractivity contribution in [1.29, 1.82) is 0 Å². The van der Waals surface area contributed by atoms with E-state index in [1.165, 1.54) is 0 Å². The Morgan fingerprint density at radius 3 is 2.59 bits per heavy atom. The van der Waals surface area contributed by atoms with Crippen LogP contribution in [-0.4, -0.2) is 41.2 Å². The molecule has 2 amide bonds. The summed E-state index contributed by atoms with van der Waals surface area (Å²) in [4.78, 5) is 22.3. The first kappa shape index (κ1) is 14.2. The number of hydrogen-bond acceptors (Lipinski definition) is 3. The van der Waals surface area contributed by atoms with E-state index >= 15 is 0 Å². The number of carboxylic acids is 1. The highest BCUT2D eigenvalue weighted by molar-refractivity contribution is 7.99. The second kappa shape index (κ2) is 7.42. The normalized spacial score (nSPS) is 18.4. The van der Waals surface area contributed by atoms with E-state index in [1.54, 1.807) is 6.92 Å². The topological polar surface area (TPSA) is 78.4 Å². The van der Waals surface area contributed by atoms with E-state index in [0.717, 1.165) is 24.3 Å². The van der Waals surface area contributed by atoms with Gasteiger partial charge < -0.3 is 15.7 Å². The van der Waals surface area contributed by atoms with Gasteiger partial charge in [-0.3, -0.25) is 4.79 Å². The van der Waals surface area contributed by atoms with Gasteiger partial charge in [-0.2, -0.15) is 11.8 Å². The lowest BCUT2D eigenvalue weighted by atomic mass is 10.1. The maximum Gasteiger partial charge on any atom is 0.315 e. The van der Waals surface area contributed by atoms with E-state index in [-0.39, 0.29) is 18.6 Å². The summed E-state index contributed by atoms with van der Waals surface area (Å²) in [6, 6.07) is -0.0113. The summed E-state index contributed by atoms with van der Waals surface area (Å²) in [5, 5.41) is 14.3. The molecule has 1 aliphatic heterocycles. The Morgan fingerprint density at radius 2 is 2.06 bits per heavy atom. The zero-order valence-corrected chi connectivity index (χ0v) is 10.9. The molecular weight excluding hydrogens is 240 g/mol. The third kappa shape index (κ3) is 5.30. The van der Waals surface area contributed by atoms with Crippen LogP contribution in [0, 0.1) is 5.92 Å². The molecule has 1 atom stereocenters. The second-order valence-electron chi connectivity index (χ2n) is 4.18. The van der Waals surface area contributed by atoms with E-state index in [4.69, 9.17) is 5.11 Å². The number of carbonyl (C=O) groups excluding carboxylic acids is 1. The molecule has 1 heterocycles. The first-order valence-corrected chi connectivity index (χ1v) is 7.13. The van der Waals surface area contributed by atoms with Crippen molar-refractivity contribution >= 4 is 23.8 Å². The number of carbonyl (C=O) groups is 2. The lowest BCUT2D eigenvalue weighted by Crippen LogP contribution is -2.45. The van der Waals surface area contributed by atoms with Crippen LogP contribution in [-0.2, 0) is 4.79 Å². The average molecular weight is 260 g/mol. The van der Waals surface area contributed by atoms with Gasteiger partial charge >= 0.3 is 12.0 Å². The summed E-state index contributed by atoms with van der Waals surface area (Å²) < 4.78 is 0. The number of amides is 2. The summed E-state index contributed by atoms with van der Waals surface area (Å²) >= 11 is 1.90. The molecule has 98 valence electrons. The van der Waals surface area contributed by atoms with Crippen molar-refractivity contribution in [1.82, 2.24) is 10.6 Å². The smallest absolute Gasteiger partial charge is 0.315 e. The average Bonchev–Trinajstić information content (AvgIpc) is 2.30. The second-order valence-corrected chi connectivity index (χ2v) is 5.41. The standard InChI is InChI=1S/C11H20N2O3S/c1-2-8(10(14)15)7-12-11(16)13-9-3-5-17-6-4-9/h8-9H,2-7H2,1H3,(H,14,15)(H2,12,13,16). The first-order chi connectivity index (χ1) is 8.13. The van der Waals surface area contributed by atoms with Crippen LogP contribution in [0.25, 0.3) is 0 Å². The van der Waals surface area contributed by atoms with Crippen LogP contribution in [0.5, 0.6) is 0 Å². The molecule has 0 aromatic heterocycles. The van der Waals surface area contributed by atoms with E-state index in [1.807, 2.05) is 11.8 Å². The Bertz CT molecular complexity index is 267. The van der Waals surface area contributed by atoms with Gasteiger partial charge in [0.05, 0.1) is 5.92 Å². The third-order valence-corrected chi connectivity index (χ3v) is 3.96. The number of urea groups is 1. The van der Waals surface area contributed by atoms with Crippen molar-refractivity contribution in [3.05, 3.63) is 0 Å². The molecule has 0 aromatic rings. The van der Waals surface area contributed by atoms with Crippen LogP contribution in [0.4, 0.5) is 4.79 Å². The molecule has 3 N–H and O–H groups in total. The Labute approximate surface area is 106 Å². The summed E-state index contributed by atoms with van der Waals surface area (Å²) in [6.07, 6.45) is 2.51. The number of carboxylic acid groups (broad SMARTS) is 1. The van der Waals surface area contributed by atoms with Crippen molar-refractivity contribution in [2.45, 2.75) is 32.2 Å². The molecule has 0 radical (unpaired) electrons. The minimum absolute atomic E-state index is 0.194. The highest BCUT2D eigenvalue weighted by Crippen LogP contribution is 2.16. The molecule has 1 aliphatic rings. The molecule has 0 spiro atoms. The van der Waals surface area contributed by atoms with E-state index in [9.17, 15) is 9.59 Å². The number of hydrogen-bond donors (Lipinski definition) is 3. The zero-order valence-electron chi connectivity index (χ0n) is 10.1. The van der Waals surface area contributed by atoms with Crippen molar-refractivity contribution in [2.24, 2.45) is 5.92 Å². The largest absolute Gasteiger partial charge is 0.481 e. The number of nitrogens with one attached hydrogen (secondary N) is 2. The van der Waals surface area contributed by atoms with Gasteiger partial charge in [-0.1, -0.05) is 6.92 Å². The Morgan fingerprint density at radius 1 is 1.41 bits per heavy atom. The third-order valence-electron chi connectivity index (χ3n) is 2.91. The minimum atomic E-state index is -0.859. The molecule has 1 fully saturated rings. The van der Waals surface area contributed by atoms with Crippen LogP contribution in [0.3, 0.4) is 0 Å².